The molecule has 2 aromatic rings. The first-order valence-corrected chi connectivity index (χ1v) is 7.58. The van der Waals surface area contributed by atoms with Gasteiger partial charge in [-0.25, -0.2) is 0 Å². The summed E-state index contributed by atoms with van der Waals surface area (Å²) in [4.78, 5) is 11.9. The maximum absolute atomic E-state index is 12.1. The Morgan fingerprint density at radius 1 is 1.16 bits per heavy atom. The topological polar surface area (TPSA) is 47.6 Å². The van der Waals surface area contributed by atoms with E-state index in [4.69, 9.17) is 4.74 Å². The van der Waals surface area contributed by atoms with Crippen LogP contribution in [0.5, 0.6) is 11.5 Å². The molecule has 0 fully saturated rings. The third-order valence-corrected chi connectivity index (χ3v) is 3.31. The largest absolute Gasteiger partial charge is 0.573 e. The van der Waals surface area contributed by atoms with Crippen LogP contribution in [-0.2, 0) is 4.79 Å². The summed E-state index contributed by atoms with van der Waals surface area (Å²) in [5.74, 6) is 4.42. The molecule has 2 rings (SSSR count). The molecule has 0 unspecified atom stereocenters. The second kappa shape index (κ2) is 7.94. The van der Waals surface area contributed by atoms with Crippen LogP contribution in [0.25, 0.3) is 0 Å². The van der Waals surface area contributed by atoms with Gasteiger partial charge in [0.15, 0.2) is 0 Å². The maximum Gasteiger partial charge on any atom is 0.573 e. The van der Waals surface area contributed by atoms with Gasteiger partial charge in [-0.1, -0.05) is 21.9 Å². The molecule has 0 radical (unpaired) electrons. The maximum atomic E-state index is 12.1. The number of carbonyl (C=O) groups is 1. The number of ether oxygens (including phenoxy) is 2. The van der Waals surface area contributed by atoms with E-state index in [2.05, 4.69) is 37.8 Å². The third kappa shape index (κ3) is 6.04. The summed E-state index contributed by atoms with van der Waals surface area (Å²) in [6.45, 7) is 0. The lowest BCUT2D eigenvalue weighted by atomic mass is 10.2. The monoisotopic (exact) mass is 413 g/mol. The van der Waals surface area contributed by atoms with Gasteiger partial charge in [0, 0.05) is 16.0 Å². The Labute approximate surface area is 150 Å². The number of alkyl halides is 3. The Kier molecular flexibility index (Phi) is 5.93. The van der Waals surface area contributed by atoms with Gasteiger partial charge >= 0.3 is 12.3 Å². The van der Waals surface area contributed by atoms with Crippen molar-refractivity contribution in [3.8, 4) is 23.3 Å². The van der Waals surface area contributed by atoms with Crippen LogP contribution >= 0.6 is 15.9 Å². The molecule has 0 heterocycles. The van der Waals surface area contributed by atoms with Gasteiger partial charge in [0.1, 0.15) is 11.5 Å². The molecule has 8 heteroatoms. The first-order chi connectivity index (χ1) is 11.8. The molecule has 0 aliphatic heterocycles. The number of nitrogens with one attached hydrogen (secondary N) is 1. The van der Waals surface area contributed by atoms with Gasteiger partial charge in [-0.2, -0.15) is 0 Å². The smallest absolute Gasteiger partial charge is 0.495 e. The van der Waals surface area contributed by atoms with E-state index in [1.807, 2.05) is 0 Å². The molecular formula is C17H11BrF3NO3. The lowest BCUT2D eigenvalue weighted by molar-refractivity contribution is -0.274. The number of halogens is 4. The van der Waals surface area contributed by atoms with Crippen molar-refractivity contribution >= 4 is 27.5 Å². The quantitative estimate of drug-likeness (QED) is 0.761. The molecule has 0 bridgehead atoms. The first-order valence-electron chi connectivity index (χ1n) is 6.79. The number of carbonyl (C=O) groups excluding carboxylic acids is 1. The number of benzene rings is 2. The van der Waals surface area contributed by atoms with Crippen molar-refractivity contribution in [2.45, 2.75) is 6.36 Å². The zero-order valence-corrected chi connectivity index (χ0v) is 14.4. The van der Waals surface area contributed by atoms with E-state index in [1.165, 1.54) is 19.2 Å². The molecule has 0 saturated heterocycles. The van der Waals surface area contributed by atoms with Crippen LogP contribution in [0.1, 0.15) is 5.56 Å². The normalized spacial score (nSPS) is 10.4. The van der Waals surface area contributed by atoms with Gasteiger partial charge in [0.2, 0.25) is 0 Å². The molecule has 0 spiro atoms. The Balaban J connectivity index is 2.06. The van der Waals surface area contributed by atoms with Crippen LogP contribution in [0.4, 0.5) is 18.9 Å². The lowest BCUT2D eigenvalue weighted by Gasteiger charge is -2.08. The van der Waals surface area contributed by atoms with Crippen LogP contribution in [0.2, 0.25) is 0 Å². The number of methoxy groups -OCH3 is 1. The molecule has 0 aromatic heterocycles. The summed E-state index contributed by atoms with van der Waals surface area (Å²) < 4.78 is 45.9. The van der Waals surface area contributed by atoms with Crippen molar-refractivity contribution < 1.29 is 27.4 Å². The van der Waals surface area contributed by atoms with Crippen LogP contribution < -0.4 is 14.8 Å². The number of hydrogen-bond donors (Lipinski definition) is 1. The van der Waals surface area contributed by atoms with Crippen molar-refractivity contribution in [1.29, 1.82) is 0 Å². The predicted molar refractivity (Wildman–Crippen MR) is 89.3 cm³/mol. The number of hydrogen-bond acceptors (Lipinski definition) is 3. The van der Waals surface area contributed by atoms with Gasteiger partial charge in [-0.3, -0.25) is 4.79 Å². The zero-order chi connectivity index (χ0) is 18.4. The molecule has 4 nitrogen and oxygen atoms in total. The van der Waals surface area contributed by atoms with E-state index < -0.39 is 12.3 Å². The number of amides is 1. The Hall–Kier alpha value is -2.66. The second-order valence-electron chi connectivity index (χ2n) is 4.62. The lowest BCUT2D eigenvalue weighted by Crippen LogP contribution is -2.16. The average molecular weight is 414 g/mol. The highest BCUT2D eigenvalue weighted by molar-refractivity contribution is 9.10. The molecule has 0 atom stereocenters. The van der Waals surface area contributed by atoms with Crippen LogP contribution in [-0.4, -0.2) is 19.4 Å². The fourth-order valence-electron chi connectivity index (χ4n) is 1.80. The Morgan fingerprint density at radius 3 is 2.44 bits per heavy atom. The van der Waals surface area contributed by atoms with Gasteiger partial charge in [0.05, 0.1) is 12.8 Å². The Morgan fingerprint density at radius 2 is 1.84 bits per heavy atom. The van der Waals surface area contributed by atoms with Crippen molar-refractivity contribution in [3.05, 3.63) is 52.5 Å². The summed E-state index contributed by atoms with van der Waals surface area (Å²) in [5, 5.41) is 2.57. The molecule has 25 heavy (non-hydrogen) atoms. The van der Waals surface area contributed by atoms with Crippen LogP contribution in [0.3, 0.4) is 0 Å². The highest BCUT2D eigenvalue weighted by Crippen LogP contribution is 2.27. The highest BCUT2D eigenvalue weighted by atomic mass is 79.9. The molecule has 0 aliphatic rings. The van der Waals surface area contributed by atoms with Crippen molar-refractivity contribution in [1.82, 2.24) is 0 Å². The molecule has 2 aromatic carbocycles. The van der Waals surface area contributed by atoms with Gasteiger partial charge in [-0.05, 0) is 42.5 Å². The summed E-state index contributed by atoms with van der Waals surface area (Å²) in [5.41, 5.74) is 0.802. The Bertz CT molecular complexity index is 824. The van der Waals surface area contributed by atoms with Crippen molar-refractivity contribution in [2.75, 3.05) is 12.4 Å². The van der Waals surface area contributed by atoms with Crippen molar-refractivity contribution in [3.63, 3.8) is 0 Å². The predicted octanol–water partition coefficient (Wildman–Crippen LogP) is 4.35. The molecule has 130 valence electrons. The van der Waals surface area contributed by atoms with Crippen molar-refractivity contribution in [2.24, 2.45) is 0 Å². The highest BCUT2D eigenvalue weighted by Gasteiger charge is 2.30. The van der Waals surface area contributed by atoms with E-state index in [9.17, 15) is 18.0 Å². The van der Waals surface area contributed by atoms with E-state index >= 15 is 0 Å². The van der Waals surface area contributed by atoms with Gasteiger partial charge in [0.25, 0.3) is 0 Å². The SMILES string of the molecule is COc1ccc(Br)cc1NC(=O)C#Cc1ccc(OC(F)(F)F)cc1. The molecule has 0 saturated carbocycles. The average Bonchev–Trinajstić information content (AvgIpc) is 2.53. The fraction of sp³-hybridized carbons (Fsp3) is 0.118. The summed E-state index contributed by atoms with van der Waals surface area (Å²) in [7, 11) is 1.47. The molecule has 1 N–H and O–H groups in total. The fourth-order valence-corrected chi connectivity index (χ4v) is 2.16. The summed E-state index contributed by atoms with van der Waals surface area (Å²) >= 11 is 3.28. The number of anilines is 1. The summed E-state index contributed by atoms with van der Waals surface area (Å²) in [6.07, 6.45) is -4.75. The van der Waals surface area contributed by atoms with Crippen LogP contribution in [0, 0.1) is 11.8 Å². The second-order valence-corrected chi connectivity index (χ2v) is 5.54. The van der Waals surface area contributed by atoms with Gasteiger partial charge in [-0.15, -0.1) is 13.2 Å². The summed E-state index contributed by atoms with van der Waals surface area (Å²) in [6, 6.07) is 9.96. The number of rotatable bonds is 3. The van der Waals surface area contributed by atoms with E-state index in [-0.39, 0.29) is 5.75 Å². The molecule has 0 aliphatic carbocycles. The first kappa shape index (κ1) is 18.7. The van der Waals surface area contributed by atoms with E-state index in [0.29, 0.717) is 17.0 Å². The zero-order valence-electron chi connectivity index (χ0n) is 12.8. The minimum atomic E-state index is -4.75. The van der Waals surface area contributed by atoms with E-state index in [0.717, 1.165) is 16.6 Å². The molecular weight excluding hydrogens is 403 g/mol. The molecule has 1 amide bonds. The minimum Gasteiger partial charge on any atom is -0.495 e. The standard InChI is InChI=1S/C17H11BrF3NO3/c1-24-15-8-5-12(18)10-14(15)22-16(23)9-4-11-2-6-13(7-3-11)25-17(19,20)21/h2-3,5-8,10H,1H3,(H,22,23). The van der Waals surface area contributed by atoms with Crippen LogP contribution in [0.15, 0.2) is 46.9 Å². The van der Waals surface area contributed by atoms with E-state index in [1.54, 1.807) is 18.2 Å². The van der Waals surface area contributed by atoms with Gasteiger partial charge < -0.3 is 14.8 Å². The third-order valence-electron chi connectivity index (χ3n) is 2.82. The minimum absolute atomic E-state index is 0.360.